The Kier molecular flexibility index (Phi) is 7.25. The standard InChI is InChI=1S/C18H24ClN3O3/c1-12(22-18(25)14-8-4-5-9-15(14)19)16(23)20-10-11-21-17(24)13-6-2-3-7-13/h4-5,8-9,12-13H,2-3,6-7,10-11H2,1H3,(H,20,23)(H,21,24)(H,22,25). The van der Waals surface area contributed by atoms with Crippen molar-refractivity contribution in [1.82, 2.24) is 16.0 Å². The first-order chi connectivity index (χ1) is 12.0. The summed E-state index contributed by atoms with van der Waals surface area (Å²) in [5.74, 6) is -0.533. The molecule has 25 heavy (non-hydrogen) atoms. The molecule has 7 heteroatoms. The molecule has 0 spiro atoms. The average molecular weight is 366 g/mol. The average Bonchev–Trinajstić information content (AvgIpc) is 3.13. The number of carbonyl (C=O) groups is 3. The summed E-state index contributed by atoms with van der Waals surface area (Å²) >= 11 is 5.97. The van der Waals surface area contributed by atoms with Crippen LogP contribution in [0.3, 0.4) is 0 Å². The van der Waals surface area contributed by atoms with Gasteiger partial charge in [0.15, 0.2) is 0 Å². The zero-order chi connectivity index (χ0) is 18.2. The fourth-order valence-corrected chi connectivity index (χ4v) is 3.06. The largest absolute Gasteiger partial charge is 0.354 e. The van der Waals surface area contributed by atoms with E-state index in [0.717, 1.165) is 25.7 Å². The molecule has 1 aromatic carbocycles. The van der Waals surface area contributed by atoms with E-state index in [2.05, 4.69) is 16.0 Å². The molecule has 1 fully saturated rings. The fourth-order valence-electron chi connectivity index (χ4n) is 2.84. The Balaban J connectivity index is 1.68. The van der Waals surface area contributed by atoms with Crippen molar-refractivity contribution >= 4 is 29.3 Å². The van der Waals surface area contributed by atoms with Gasteiger partial charge in [-0.25, -0.2) is 0 Å². The minimum Gasteiger partial charge on any atom is -0.354 e. The first-order valence-electron chi connectivity index (χ1n) is 8.60. The van der Waals surface area contributed by atoms with Crippen molar-refractivity contribution in [3.63, 3.8) is 0 Å². The molecular weight excluding hydrogens is 342 g/mol. The first kappa shape index (κ1) is 19.2. The Morgan fingerprint density at radius 3 is 2.44 bits per heavy atom. The highest BCUT2D eigenvalue weighted by molar-refractivity contribution is 6.33. The molecule has 0 aromatic heterocycles. The molecular formula is C18H24ClN3O3. The molecule has 136 valence electrons. The Hall–Kier alpha value is -2.08. The van der Waals surface area contributed by atoms with Crippen molar-refractivity contribution in [3.05, 3.63) is 34.9 Å². The van der Waals surface area contributed by atoms with Crippen LogP contribution >= 0.6 is 11.6 Å². The first-order valence-corrected chi connectivity index (χ1v) is 8.97. The van der Waals surface area contributed by atoms with Crippen molar-refractivity contribution in [2.45, 2.75) is 38.6 Å². The number of hydrogen-bond donors (Lipinski definition) is 3. The Morgan fingerprint density at radius 2 is 1.76 bits per heavy atom. The van der Waals surface area contributed by atoms with Crippen LogP contribution in [0.5, 0.6) is 0 Å². The molecule has 0 saturated heterocycles. The second-order valence-electron chi connectivity index (χ2n) is 6.24. The molecule has 0 aliphatic heterocycles. The predicted molar refractivity (Wildman–Crippen MR) is 96.4 cm³/mol. The Labute approximate surface area is 152 Å². The van der Waals surface area contributed by atoms with Crippen molar-refractivity contribution in [3.8, 4) is 0 Å². The van der Waals surface area contributed by atoms with Crippen LogP contribution in [-0.4, -0.2) is 36.9 Å². The summed E-state index contributed by atoms with van der Waals surface area (Å²) in [6, 6.07) is 5.96. The van der Waals surface area contributed by atoms with Crippen LogP contribution in [0.25, 0.3) is 0 Å². The summed E-state index contributed by atoms with van der Waals surface area (Å²) in [7, 11) is 0. The molecule has 1 aliphatic carbocycles. The molecule has 2 rings (SSSR count). The molecule has 1 atom stereocenters. The highest BCUT2D eigenvalue weighted by atomic mass is 35.5. The topological polar surface area (TPSA) is 87.3 Å². The lowest BCUT2D eigenvalue weighted by atomic mass is 10.1. The normalized spacial score (nSPS) is 15.4. The third-order valence-electron chi connectivity index (χ3n) is 4.31. The van der Waals surface area contributed by atoms with Gasteiger partial charge in [0, 0.05) is 19.0 Å². The summed E-state index contributed by atoms with van der Waals surface area (Å²) in [5.41, 5.74) is 0.327. The molecule has 0 heterocycles. The maximum absolute atomic E-state index is 12.1. The smallest absolute Gasteiger partial charge is 0.253 e. The second kappa shape index (κ2) is 9.42. The number of nitrogens with one attached hydrogen (secondary N) is 3. The van der Waals surface area contributed by atoms with E-state index in [-0.39, 0.29) is 17.7 Å². The minimum atomic E-state index is -0.700. The zero-order valence-electron chi connectivity index (χ0n) is 14.3. The molecule has 1 unspecified atom stereocenters. The highest BCUT2D eigenvalue weighted by Crippen LogP contribution is 2.24. The van der Waals surface area contributed by atoms with Gasteiger partial charge in [-0.05, 0) is 31.9 Å². The fraction of sp³-hybridized carbons (Fsp3) is 0.500. The number of rotatable bonds is 7. The lowest BCUT2D eigenvalue weighted by molar-refractivity contribution is -0.125. The van der Waals surface area contributed by atoms with Gasteiger partial charge in [0.1, 0.15) is 6.04 Å². The van der Waals surface area contributed by atoms with Crippen LogP contribution in [-0.2, 0) is 9.59 Å². The van der Waals surface area contributed by atoms with Crippen LogP contribution < -0.4 is 16.0 Å². The maximum Gasteiger partial charge on any atom is 0.253 e. The summed E-state index contributed by atoms with van der Waals surface area (Å²) < 4.78 is 0. The third kappa shape index (κ3) is 5.74. The summed E-state index contributed by atoms with van der Waals surface area (Å²) in [6.07, 6.45) is 4.11. The summed E-state index contributed by atoms with van der Waals surface area (Å²) in [5, 5.41) is 8.48. The van der Waals surface area contributed by atoms with E-state index < -0.39 is 11.9 Å². The van der Waals surface area contributed by atoms with Crippen molar-refractivity contribution in [1.29, 1.82) is 0 Å². The van der Waals surface area contributed by atoms with E-state index in [1.165, 1.54) is 0 Å². The summed E-state index contributed by atoms with van der Waals surface area (Å²) in [6.45, 7) is 2.30. The van der Waals surface area contributed by atoms with Gasteiger partial charge in [-0.2, -0.15) is 0 Å². The van der Waals surface area contributed by atoms with E-state index in [1.807, 2.05) is 0 Å². The molecule has 6 nitrogen and oxygen atoms in total. The van der Waals surface area contributed by atoms with Gasteiger partial charge in [0.05, 0.1) is 10.6 Å². The third-order valence-corrected chi connectivity index (χ3v) is 4.64. The van der Waals surface area contributed by atoms with Gasteiger partial charge in [-0.1, -0.05) is 36.6 Å². The van der Waals surface area contributed by atoms with Crippen molar-refractivity contribution < 1.29 is 14.4 Å². The van der Waals surface area contributed by atoms with Gasteiger partial charge in [0.25, 0.3) is 5.91 Å². The maximum atomic E-state index is 12.1. The monoisotopic (exact) mass is 365 g/mol. The molecule has 3 amide bonds. The van der Waals surface area contributed by atoms with E-state index in [0.29, 0.717) is 23.7 Å². The van der Waals surface area contributed by atoms with Crippen LogP contribution in [0.15, 0.2) is 24.3 Å². The van der Waals surface area contributed by atoms with Crippen LogP contribution in [0.4, 0.5) is 0 Å². The SMILES string of the molecule is CC(NC(=O)c1ccccc1Cl)C(=O)NCCNC(=O)C1CCCC1. The van der Waals surface area contributed by atoms with Gasteiger partial charge < -0.3 is 16.0 Å². The predicted octanol–water partition coefficient (Wildman–Crippen LogP) is 1.88. The van der Waals surface area contributed by atoms with Crippen molar-refractivity contribution in [2.24, 2.45) is 5.92 Å². The number of hydrogen-bond acceptors (Lipinski definition) is 3. The van der Waals surface area contributed by atoms with Gasteiger partial charge in [-0.15, -0.1) is 0 Å². The molecule has 1 saturated carbocycles. The number of benzene rings is 1. The summed E-state index contributed by atoms with van der Waals surface area (Å²) in [4.78, 5) is 36.0. The minimum absolute atomic E-state index is 0.0619. The van der Waals surface area contributed by atoms with E-state index in [9.17, 15) is 14.4 Å². The van der Waals surface area contributed by atoms with Crippen molar-refractivity contribution in [2.75, 3.05) is 13.1 Å². The van der Waals surface area contributed by atoms with Crippen LogP contribution in [0.1, 0.15) is 43.0 Å². The quantitative estimate of drug-likeness (QED) is 0.645. The van der Waals surface area contributed by atoms with E-state index in [4.69, 9.17) is 11.6 Å². The molecule has 0 radical (unpaired) electrons. The second-order valence-corrected chi connectivity index (χ2v) is 6.65. The highest BCUT2D eigenvalue weighted by Gasteiger charge is 2.22. The molecule has 1 aliphatic rings. The van der Waals surface area contributed by atoms with E-state index in [1.54, 1.807) is 31.2 Å². The van der Waals surface area contributed by atoms with Gasteiger partial charge in [-0.3, -0.25) is 14.4 Å². The zero-order valence-corrected chi connectivity index (χ0v) is 15.1. The molecule has 3 N–H and O–H groups in total. The van der Waals surface area contributed by atoms with Gasteiger partial charge in [0.2, 0.25) is 11.8 Å². The Bertz CT molecular complexity index is 630. The molecule has 1 aromatic rings. The van der Waals surface area contributed by atoms with Gasteiger partial charge >= 0.3 is 0 Å². The molecule has 0 bridgehead atoms. The van der Waals surface area contributed by atoms with Crippen LogP contribution in [0, 0.1) is 5.92 Å². The number of carbonyl (C=O) groups excluding carboxylic acids is 3. The van der Waals surface area contributed by atoms with Crippen LogP contribution in [0.2, 0.25) is 5.02 Å². The lowest BCUT2D eigenvalue weighted by Gasteiger charge is -2.15. The number of halogens is 1. The van der Waals surface area contributed by atoms with E-state index >= 15 is 0 Å². The Morgan fingerprint density at radius 1 is 1.12 bits per heavy atom. The lowest BCUT2D eigenvalue weighted by Crippen LogP contribution is -2.46. The number of amides is 3.